The average Bonchev–Trinajstić information content (AvgIpc) is 3.03. The Hall–Kier alpha value is -3.99. The predicted molar refractivity (Wildman–Crippen MR) is 169 cm³/mol. The van der Waals surface area contributed by atoms with Crippen molar-refractivity contribution in [3.8, 4) is 5.75 Å². The molecule has 1 aliphatic rings. The zero-order valence-corrected chi connectivity index (χ0v) is 25.8. The van der Waals surface area contributed by atoms with Gasteiger partial charge in [-0.05, 0) is 60.4 Å². The minimum atomic E-state index is -4.01. The molecule has 1 heterocycles. The fourth-order valence-electron chi connectivity index (χ4n) is 4.87. The summed E-state index contributed by atoms with van der Waals surface area (Å²) in [7, 11) is -4.01. The van der Waals surface area contributed by atoms with E-state index >= 15 is 0 Å². The van der Waals surface area contributed by atoms with Crippen LogP contribution >= 0.6 is 15.9 Å². The minimum Gasteiger partial charge on any atom is -0.477 e. The third-order valence-corrected chi connectivity index (χ3v) is 9.57. The number of hydrogen-bond donors (Lipinski definition) is 1. The number of benzene rings is 4. The van der Waals surface area contributed by atoms with E-state index in [1.165, 1.54) is 21.3 Å². The van der Waals surface area contributed by atoms with Gasteiger partial charge in [0, 0.05) is 17.6 Å². The highest BCUT2D eigenvalue weighted by Gasteiger charge is 2.36. The van der Waals surface area contributed by atoms with Crippen molar-refractivity contribution in [3.63, 3.8) is 0 Å². The smallest absolute Gasteiger partial charge is 0.262 e. The molecule has 4 aromatic carbocycles. The Morgan fingerprint density at radius 2 is 1.44 bits per heavy atom. The average molecular weight is 663 g/mol. The van der Waals surface area contributed by atoms with Crippen LogP contribution in [-0.2, 0) is 32.5 Å². The Morgan fingerprint density at radius 3 is 2.12 bits per heavy atom. The van der Waals surface area contributed by atoms with Gasteiger partial charge >= 0.3 is 0 Å². The summed E-state index contributed by atoms with van der Waals surface area (Å²) >= 11 is 3.35. The summed E-state index contributed by atoms with van der Waals surface area (Å²) in [5.41, 5.74) is 2.54. The number of sulfonamides is 1. The number of carbonyl (C=O) groups is 2. The molecule has 0 spiro atoms. The van der Waals surface area contributed by atoms with Crippen molar-refractivity contribution in [2.24, 2.45) is 0 Å². The maximum atomic E-state index is 13.9. The van der Waals surface area contributed by atoms with Gasteiger partial charge in [-0.3, -0.25) is 9.59 Å². The molecule has 2 amide bonds. The summed E-state index contributed by atoms with van der Waals surface area (Å²) in [5, 5.41) is 2.91. The van der Waals surface area contributed by atoms with Gasteiger partial charge in [-0.25, -0.2) is 8.42 Å². The van der Waals surface area contributed by atoms with E-state index < -0.39 is 28.6 Å². The maximum Gasteiger partial charge on any atom is 0.262 e. The first-order valence-electron chi connectivity index (χ1n) is 14.0. The highest BCUT2D eigenvalue weighted by Crippen LogP contribution is 2.33. The predicted octanol–water partition coefficient (Wildman–Crippen LogP) is 4.84. The molecule has 0 aromatic heterocycles. The number of rotatable bonds is 11. The molecule has 0 unspecified atom stereocenters. The summed E-state index contributed by atoms with van der Waals surface area (Å²) in [6, 6.07) is 32.6. The van der Waals surface area contributed by atoms with Gasteiger partial charge < -0.3 is 15.0 Å². The van der Waals surface area contributed by atoms with E-state index in [0.29, 0.717) is 30.8 Å². The Morgan fingerprint density at radius 1 is 0.837 bits per heavy atom. The van der Waals surface area contributed by atoms with Gasteiger partial charge in [-0.2, -0.15) is 4.31 Å². The van der Waals surface area contributed by atoms with Crippen LogP contribution in [0.4, 0.5) is 5.69 Å². The van der Waals surface area contributed by atoms with E-state index in [0.717, 1.165) is 15.6 Å². The topological polar surface area (TPSA) is 96.0 Å². The van der Waals surface area contributed by atoms with Gasteiger partial charge in [0.2, 0.25) is 15.9 Å². The summed E-state index contributed by atoms with van der Waals surface area (Å²) < 4.78 is 35.5. The molecule has 0 saturated heterocycles. The fourth-order valence-corrected chi connectivity index (χ4v) is 6.52. The van der Waals surface area contributed by atoms with Crippen LogP contribution in [-0.4, -0.2) is 56.8 Å². The third-order valence-electron chi connectivity index (χ3n) is 7.18. The molecular weight excluding hydrogens is 630 g/mol. The molecule has 0 fully saturated rings. The van der Waals surface area contributed by atoms with Gasteiger partial charge in [0.1, 0.15) is 5.75 Å². The largest absolute Gasteiger partial charge is 0.477 e. The van der Waals surface area contributed by atoms with E-state index in [4.69, 9.17) is 4.74 Å². The lowest BCUT2D eigenvalue weighted by atomic mass is 10.1. The van der Waals surface area contributed by atoms with Gasteiger partial charge in [-0.15, -0.1) is 0 Å². The normalized spacial score (nSPS) is 14.6. The SMILES string of the molecule is O=C(NCCc1ccccc1)[C@H]1CN(C(=O)CN(CCc2ccccc2)S(=O)(=O)c2ccc(Br)cc2)c2ccccc2O1. The van der Waals surface area contributed by atoms with Crippen molar-refractivity contribution in [2.75, 3.05) is 31.1 Å². The first-order valence-corrected chi connectivity index (χ1v) is 16.2. The molecule has 0 bridgehead atoms. The molecule has 222 valence electrons. The van der Waals surface area contributed by atoms with Crippen LogP contribution in [0.5, 0.6) is 5.75 Å². The zero-order chi connectivity index (χ0) is 30.2. The second-order valence-corrected chi connectivity index (χ2v) is 13.0. The number of para-hydroxylation sites is 2. The van der Waals surface area contributed by atoms with Crippen LogP contribution in [0.25, 0.3) is 0 Å². The summed E-state index contributed by atoms with van der Waals surface area (Å²) in [5.74, 6) is -0.407. The number of carbonyl (C=O) groups excluding carboxylic acids is 2. The van der Waals surface area contributed by atoms with Crippen LogP contribution < -0.4 is 15.0 Å². The molecule has 1 atom stereocenters. The molecule has 0 radical (unpaired) electrons. The molecule has 0 aliphatic carbocycles. The van der Waals surface area contributed by atoms with Crippen molar-refractivity contribution in [1.82, 2.24) is 9.62 Å². The standard InChI is InChI=1S/C33H32BrN3O5S/c34-27-15-17-28(18-16-27)43(40,41)36(22-20-26-11-5-2-6-12-26)24-32(38)37-23-31(42-30-14-8-7-13-29(30)37)33(39)35-21-19-25-9-3-1-4-10-25/h1-18,31H,19-24H2,(H,35,39)/t31-/m1/s1. The molecule has 1 aliphatic heterocycles. The number of halogens is 1. The zero-order valence-electron chi connectivity index (χ0n) is 23.4. The number of nitrogens with one attached hydrogen (secondary N) is 1. The lowest BCUT2D eigenvalue weighted by molar-refractivity contribution is -0.128. The molecule has 10 heteroatoms. The summed E-state index contributed by atoms with van der Waals surface area (Å²) in [6.45, 7) is 0.0698. The third kappa shape index (κ3) is 7.70. The number of anilines is 1. The molecular formula is C33H32BrN3O5S. The van der Waals surface area contributed by atoms with Crippen LogP contribution in [0, 0.1) is 0 Å². The van der Waals surface area contributed by atoms with Crippen molar-refractivity contribution in [1.29, 1.82) is 0 Å². The number of ether oxygens (including phenoxy) is 1. The summed E-state index contributed by atoms with van der Waals surface area (Å²) in [4.78, 5) is 28.6. The van der Waals surface area contributed by atoms with Crippen molar-refractivity contribution < 1.29 is 22.7 Å². The lowest BCUT2D eigenvalue weighted by Gasteiger charge is -2.35. The van der Waals surface area contributed by atoms with Crippen LogP contribution in [0.1, 0.15) is 11.1 Å². The highest BCUT2D eigenvalue weighted by molar-refractivity contribution is 9.10. The lowest BCUT2D eigenvalue weighted by Crippen LogP contribution is -2.53. The van der Waals surface area contributed by atoms with Gasteiger partial charge in [0.15, 0.2) is 6.10 Å². The molecule has 8 nitrogen and oxygen atoms in total. The van der Waals surface area contributed by atoms with E-state index in [1.807, 2.05) is 60.7 Å². The Kier molecular flexibility index (Phi) is 9.91. The van der Waals surface area contributed by atoms with Gasteiger partial charge in [0.25, 0.3) is 5.91 Å². The highest BCUT2D eigenvalue weighted by atomic mass is 79.9. The van der Waals surface area contributed by atoms with E-state index in [1.54, 1.807) is 36.4 Å². The number of amides is 2. The van der Waals surface area contributed by atoms with Crippen LogP contribution in [0.2, 0.25) is 0 Å². The Labute approximate surface area is 260 Å². The van der Waals surface area contributed by atoms with Gasteiger partial charge in [-0.1, -0.05) is 88.7 Å². The Bertz CT molecular complexity index is 1650. The van der Waals surface area contributed by atoms with Crippen LogP contribution in [0.3, 0.4) is 0 Å². The number of nitrogens with zero attached hydrogens (tertiary/aromatic N) is 2. The molecule has 4 aromatic rings. The molecule has 5 rings (SSSR count). The molecule has 1 N–H and O–H groups in total. The quantitative estimate of drug-likeness (QED) is 0.248. The van der Waals surface area contributed by atoms with Crippen LogP contribution in [0.15, 0.2) is 119 Å². The van der Waals surface area contributed by atoms with E-state index in [-0.39, 0.29) is 23.9 Å². The number of hydrogen-bond acceptors (Lipinski definition) is 5. The fraction of sp³-hybridized carbons (Fsp3) is 0.212. The molecule has 43 heavy (non-hydrogen) atoms. The van der Waals surface area contributed by atoms with Gasteiger partial charge in [0.05, 0.1) is 23.7 Å². The summed E-state index contributed by atoms with van der Waals surface area (Å²) in [6.07, 6.45) is 0.134. The van der Waals surface area contributed by atoms with E-state index in [2.05, 4.69) is 21.2 Å². The minimum absolute atomic E-state index is 0.0438. The van der Waals surface area contributed by atoms with Crippen molar-refractivity contribution in [2.45, 2.75) is 23.8 Å². The van der Waals surface area contributed by atoms with Crippen molar-refractivity contribution in [3.05, 3.63) is 125 Å². The second kappa shape index (κ2) is 14.0. The van der Waals surface area contributed by atoms with Crippen molar-refractivity contribution >= 4 is 43.5 Å². The van der Waals surface area contributed by atoms with E-state index in [9.17, 15) is 18.0 Å². The first-order chi connectivity index (χ1) is 20.8. The molecule has 0 saturated carbocycles. The number of fused-ring (bicyclic) bond motifs is 1. The Balaban J connectivity index is 1.35. The first kappa shape index (κ1) is 30.5. The maximum absolute atomic E-state index is 13.9. The monoisotopic (exact) mass is 661 g/mol. The second-order valence-electron chi connectivity index (χ2n) is 10.1.